The summed E-state index contributed by atoms with van der Waals surface area (Å²) in [4.78, 5) is 0. The van der Waals surface area contributed by atoms with Crippen molar-refractivity contribution in [3.05, 3.63) is 0 Å². The SMILES string of the molecule is CC[C@]12CC3[C@@H](CC(O)C3(C)C1C)C2. The van der Waals surface area contributed by atoms with Gasteiger partial charge >= 0.3 is 0 Å². The second-order valence-electron chi connectivity index (χ2n) is 6.33. The lowest BCUT2D eigenvalue weighted by molar-refractivity contribution is -0.0112. The van der Waals surface area contributed by atoms with Gasteiger partial charge in [0, 0.05) is 0 Å². The van der Waals surface area contributed by atoms with Gasteiger partial charge in [-0.2, -0.15) is 0 Å². The topological polar surface area (TPSA) is 20.2 Å². The first-order chi connectivity index (χ1) is 6.54. The Morgan fingerprint density at radius 3 is 2.57 bits per heavy atom. The van der Waals surface area contributed by atoms with Crippen LogP contribution in [0.3, 0.4) is 0 Å². The number of hydrogen-bond acceptors (Lipinski definition) is 1. The number of rotatable bonds is 1. The largest absolute Gasteiger partial charge is 0.393 e. The van der Waals surface area contributed by atoms with E-state index in [-0.39, 0.29) is 11.5 Å². The van der Waals surface area contributed by atoms with Crippen LogP contribution in [-0.2, 0) is 0 Å². The van der Waals surface area contributed by atoms with Crippen molar-refractivity contribution in [2.45, 2.75) is 52.6 Å². The standard InChI is InChI=1S/C13H22O/c1-4-13-6-9-5-11(14)12(3,8(13)2)10(9)7-13/h8-11,14H,4-7H2,1-3H3/t8?,9-,10?,11?,12?,13-/m0/s1. The van der Waals surface area contributed by atoms with Crippen LogP contribution in [0.4, 0.5) is 0 Å². The number of hydrogen-bond donors (Lipinski definition) is 1. The molecule has 1 nitrogen and oxygen atoms in total. The van der Waals surface area contributed by atoms with Gasteiger partial charge in [0.05, 0.1) is 6.10 Å². The highest BCUT2D eigenvalue weighted by molar-refractivity contribution is 5.18. The monoisotopic (exact) mass is 194 g/mol. The van der Waals surface area contributed by atoms with Crippen LogP contribution in [0.2, 0.25) is 0 Å². The Morgan fingerprint density at radius 2 is 2.07 bits per heavy atom. The lowest BCUT2D eigenvalue weighted by Gasteiger charge is -2.43. The third kappa shape index (κ3) is 0.711. The van der Waals surface area contributed by atoms with E-state index in [0.717, 1.165) is 24.2 Å². The molecule has 1 heteroatoms. The van der Waals surface area contributed by atoms with Crippen molar-refractivity contribution >= 4 is 0 Å². The van der Waals surface area contributed by atoms with E-state index in [1.54, 1.807) is 0 Å². The van der Waals surface area contributed by atoms with Gasteiger partial charge < -0.3 is 5.11 Å². The lowest BCUT2D eigenvalue weighted by atomic mass is 9.63. The van der Waals surface area contributed by atoms with Crippen LogP contribution in [0.15, 0.2) is 0 Å². The maximum atomic E-state index is 10.2. The Bertz CT molecular complexity index is 274. The van der Waals surface area contributed by atoms with Crippen molar-refractivity contribution in [1.29, 1.82) is 0 Å². The van der Waals surface area contributed by atoms with E-state index in [4.69, 9.17) is 0 Å². The highest BCUT2D eigenvalue weighted by Gasteiger charge is 2.70. The van der Waals surface area contributed by atoms with Gasteiger partial charge in [0.2, 0.25) is 0 Å². The molecule has 0 heterocycles. The molecule has 0 radical (unpaired) electrons. The Balaban J connectivity index is 2.08. The first-order valence-electron chi connectivity index (χ1n) is 6.22. The summed E-state index contributed by atoms with van der Waals surface area (Å²) in [7, 11) is 0. The van der Waals surface area contributed by atoms with Gasteiger partial charge in [-0.25, -0.2) is 0 Å². The smallest absolute Gasteiger partial charge is 0.0602 e. The van der Waals surface area contributed by atoms with Crippen LogP contribution in [0.1, 0.15) is 46.5 Å². The Morgan fingerprint density at radius 1 is 1.36 bits per heavy atom. The summed E-state index contributed by atoms with van der Waals surface area (Å²) in [6, 6.07) is 0. The molecular weight excluding hydrogens is 172 g/mol. The molecule has 0 amide bonds. The van der Waals surface area contributed by atoms with Crippen LogP contribution in [0, 0.1) is 28.6 Å². The van der Waals surface area contributed by atoms with Gasteiger partial charge in [0.25, 0.3) is 0 Å². The van der Waals surface area contributed by atoms with Crippen LogP contribution >= 0.6 is 0 Å². The molecule has 0 spiro atoms. The zero-order valence-electron chi connectivity index (χ0n) is 9.59. The summed E-state index contributed by atoms with van der Waals surface area (Å²) in [5.74, 6) is 2.43. The van der Waals surface area contributed by atoms with Gasteiger partial charge in [0.15, 0.2) is 0 Å². The highest BCUT2D eigenvalue weighted by atomic mass is 16.3. The molecule has 0 aromatic heterocycles. The molecular formula is C13H22O. The number of aliphatic hydroxyl groups is 1. The van der Waals surface area contributed by atoms with E-state index in [2.05, 4.69) is 20.8 Å². The average molecular weight is 194 g/mol. The van der Waals surface area contributed by atoms with Gasteiger partial charge in [-0.3, -0.25) is 0 Å². The van der Waals surface area contributed by atoms with Crippen LogP contribution in [-0.4, -0.2) is 11.2 Å². The molecule has 0 aliphatic heterocycles. The minimum absolute atomic E-state index is 0.0107. The van der Waals surface area contributed by atoms with Crippen LogP contribution < -0.4 is 0 Å². The maximum Gasteiger partial charge on any atom is 0.0602 e. The van der Waals surface area contributed by atoms with Gasteiger partial charge in [-0.15, -0.1) is 0 Å². The molecule has 3 rings (SSSR count). The minimum atomic E-state index is -0.0107. The molecule has 0 saturated heterocycles. The van der Waals surface area contributed by atoms with Crippen molar-refractivity contribution in [2.24, 2.45) is 28.6 Å². The summed E-state index contributed by atoms with van der Waals surface area (Å²) >= 11 is 0. The third-order valence-electron chi connectivity index (χ3n) is 6.46. The van der Waals surface area contributed by atoms with Crippen molar-refractivity contribution in [2.75, 3.05) is 0 Å². The summed E-state index contributed by atoms with van der Waals surface area (Å²) in [6.45, 7) is 7.09. The molecule has 3 aliphatic carbocycles. The van der Waals surface area contributed by atoms with E-state index in [9.17, 15) is 5.11 Å². The predicted octanol–water partition coefficient (Wildman–Crippen LogP) is 2.83. The molecule has 14 heavy (non-hydrogen) atoms. The summed E-state index contributed by atoms with van der Waals surface area (Å²) in [6.07, 6.45) is 5.21. The van der Waals surface area contributed by atoms with Crippen molar-refractivity contribution < 1.29 is 5.11 Å². The number of aliphatic hydroxyl groups excluding tert-OH is 1. The fraction of sp³-hybridized carbons (Fsp3) is 1.00. The van der Waals surface area contributed by atoms with Crippen molar-refractivity contribution in [1.82, 2.24) is 0 Å². The van der Waals surface area contributed by atoms with Crippen LogP contribution in [0.25, 0.3) is 0 Å². The first-order valence-corrected chi connectivity index (χ1v) is 6.22. The molecule has 4 unspecified atom stereocenters. The third-order valence-corrected chi connectivity index (χ3v) is 6.46. The fourth-order valence-corrected chi connectivity index (χ4v) is 5.33. The molecule has 80 valence electrons. The molecule has 3 fully saturated rings. The summed E-state index contributed by atoms with van der Waals surface area (Å²) in [5, 5.41) is 10.2. The van der Waals surface area contributed by atoms with Crippen LogP contribution in [0.5, 0.6) is 0 Å². The molecule has 0 aromatic carbocycles. The quantitative estimate of drug-likeness (QED) is 0.680. The maximum absolute atomic E-state index is 10.2. The molecule has 3 saturated carbocycles. The lowest BCUT2D eigenvalue weighted by Crippen LogP contribution is -2.40. The molecule has 1 N–H and O–H groups in total. The average Bonchev–Trinajstić information content (AvgIpc) is 2.69. The molecule has 2 bridgehead atoms. The second-order valence-corrected chi connectivity index (χ2v) is 6.33. The predicted molar refractivity (Wildman–Crippen MR) is 56.8 cm³/mol. The normalized spacial score (nSPS) is 65.1. The molecule has 0 aromatic rings. The van der Waals surface area contributed by atoms with E-state index in [1.807, 2.05) is 0 Å². The zero-order valence-corrected chi connectivity index (χ0v) is 9.59. The Kier molecular flexibility index (Phi) is 1.56. The Hall–Kier alpha value is -0.0400. The molecule has 6 atom stereocenters. The van der Waals surface area contributed by atoms with Gasteiger partial charge in [0.1, 0.15) is 0 Å². The van der Waals surface area contributed by atoms with E-state index < -0.39 is 0 Å². The summed E-state index contributed by atoms with van der Waals surface area (Å²) < 4.78 is 0. The van der Waals surface area contributed by atoms with Gasteiger partial charge in [-0.1, -0.05) is 27.2 Å². The van der Waals surface area contributed by atoms with E-state index >= 15 is 0 Å². The summed E-state index contributed by atoms with van der Waals surface area (Å²) in [5.41, 5.74) is 0.862. The number of fused-ring (bicyclic) bond motifs is 1. The second kappa shape index (κ2) is 2.37. The van der Waals surface area contributed by atoms with Gasteiger partial charge in [-0.05, 0) is 47.8 Å². The fourth-order valence-electron chi connectivity index (χ4n) is 5.33. The molecule has 3 aliphatic rings. The zero-order chi connectivity index (χ0) is 10.1. The highest BCUT2D eigenvalue weighted by Crippen LogP contribution is 2.74. The van der Waals surface area contributed by atoms with E-state index in [1.165, 1.54) is 19.3 Å². The van der Waals surface area contributed by atoms with Crippen molar-refractivity contribution in [3.8, 4) is 0 Å². The van der Waals surface area contributed by atoms with Crippen molar-refractivity contribution in [3.63, 3.8) is 0 Å². The first kappa shape index (κ1) is 9.21. The van der Waals surface area contributed by atoms with E-state index in [0.29, 0.717) is 5.41 Å². The minimum Gasteiger partial charge on any atom is -0.393 e. The Labute approximate surface area is 86.9 Å².